The third-order valence-electron chi connectivity index (χ3n) is 15.5. The molecule has 1 amide bonds. The zero-order chi connectivity index (χ0) is 57.9. The van der Waals surface area contributed by atoms with Gasteiger partial charge in [-0.15, -0.1) is 0 Å². The smallest absolute Gasteiger partial charge is 0.220 e. The summed E-state index contributed by atoms with van der Waals surface area (Å²) in [6.45, 7) is 3.72. The molecule has 9 heteroatoms. The van der Waals surface area contributed by atoms with E-state index >= 15 is 0 Å². The minimum Gasteiger partial charge on any atom is -0.394 e. The van der Waals surface area contributed by atoms with Crippen molar-refractivity contribution in [2.45, 2.75) is 333 Å². The Morgan fingerprint density at radius 2 is 0.775 bits per heavy atom. The second-order valence-electron chi connectivity index (χ2n) is 22.9. The maximum Gasteiger partial charge on any atom is 0.220 e. The quantitative estimate of drug-likeness (QED) is 0.0261. The van der Waals surface area contributed by atoms with Crippen molar-refractivity contribution in [3.8, 4) is 0 Å². The zero-order valence-electron chi connectivity index (χ0n) is 51.6. The number of carbonyl (C=O) groups excluding carboxylic acids is 1. The van der Waals surface area contributed by atoms with Crippen LogP contribution in [0.3, 0.4) is 0 Å². The average molecular weight is 1120 g/mol. The molecule has 462 valence electrons. The predicted molar refractivity (Wildman–Crippen MR) is 341 cm³/mol. The highest BCUT2D eigenvalue weighted by Crippen LogP contribution is 2.23. The first-order valence-electron chi connectivity index (χ1n) is 33.4. The van der Waals surface area contributed by atoms with Crippen LogP contribution in [0.2, 0.25) is 0 Å². The number of amides is 1. The average Bonchev–Trinajstić information content (AvgIpc) is 3.46. The van der Waals surface area contributed by atoms with Crippen molar-refractivity contribution < 1.29 is 39.8 Å². The Morgan fingerprint density at radius 3 is 1.12 bits per heavy atom. The number of aliphatic hydroxyl groups excluding tert-OH is 5. The minimum atomic E-state index is -1.57. The van der Waals surface area contributed by atoms with E-state index in [2.05, 4.69) is 116 Å². The highest BCUT2D eigenvalue weighted by molar-refractivity contribution is 5.76. The third-order valence-corrected chi connectivity index (χ3v) is 15.5. The van der Waals surface area contributed by atoms with Gasteiger partial charge in [-0.25, -0.2) is 0 Å². The number of hydrogen-bond donors (Lipinski definition) is 6. The van der Waals surface area contributed by atoms with E-state index in [0.29, 0.717) is 19.3 Å². The van der Waals surface area contributed by atoms with Crippen LogP contribution in [0.4, 0.5) is 0 Å². The van der Waals surface area contributed by atoms with Gasteiger partial charge in [0.1, 0.15) is 24.4 Å². The van der Waals surface area contributed by atoms with Crippen LogP contribution >= 0.6 is 0 Å². The molecular formula is C71H125NO8. The summed E-state index contributed by atoms with van der Waals surface area (Å²) >= 11 is 0. The van der Waals surface area contributed by atoms with Crippen LogP contribution in [0.5, 0.6) is 0 Å². The van der Waals surface area contributed by atoms with Crippen molar-refractivity contribution in [1.29, 1.82) is 0 Å². The van der Waals surface area contributed by atoms with E-state index in [1.165, 1.54) is 173 Å². The summed E-state index contributed by atoms with van der Waals surface area (Å²) in [5.74, 6) is -0.187. The Labute approximate surface area is 492 Å². The van der Waals surface area contributed by atoms with E-state index in [9.17, 15) is 30.3 Å². The van der Waals surface area contributed by atoms with E-state index in [1.54, 1.807) is 0 Å². The summed E-state index contributed by atoms with van der Waals surface area (Å²) in [6, 6.07) is -0.752. The summed E-state index contributed by atoms with van der Waals surface area (Å²) in [5.41, 5.74) is 0. The van der Waals surface area contributed by atoms with Crippen molar-refractivity contribution in [3.05, 3.63) is 97.2 Å². The lowest BCUT2D eigenvalue weighted by Gasteiger charge is -2.40. The molecule has 0 aliphatic carbocycles. The molecule has 0 bridgehead atoms. The van der Waals surface area contributed by atoms with Crippen molar-refractivity contribution in [3.63, 3.8) is 0 Å². The monoisotopic (exact) mass is 1120 g/mol. The van der Waals surface area contributed by atoms with E-state index in [0.717, 1.165) is 83.5 Å². The molecule has 0 saturated carbocycles. The van der Waals surface area contributed by atoms with Gasteiger partial charge in [-0.05, 0) is 77.0 Å². The molecule has 6 N–H and O–H groups in total. The Bertz CT molecular complexity index is 1580. The molecule has 1 aliphatic heterocycles. The standard InChI is InChI=1S/C71H125NO8/c1-3-5-7-9-11-13-15-17-19-21-23-25-27-29-31-32-33-35-36-38-40-42-44-46-48-50-52-54-56-58-60-65(74)64(63-79-71-70(78)69(77)68(76)66(62-73)80-71)72-67(75)61-59-57-55-53-51-49-47-45-43-41-39-37-34-30-28-26-24-22-20-18-16-14-12-10-8-6-4-2/h6,8,12,14,18,20,24,26,30,34,39,41,45,47,51,53,64-66,68-71,73-74,76-78H,3-5,7,9-11,13,15-17,19,21-23,25,27-29,31-33,35-38,40,42-44,46,48-50,52,54-63H2,1-2H3,(H,72,75)/b8-6-,14-12-,20-18-,26-24-,34-30-,41-39-,47-45-,53-51-. The van der Waals surface area contributed by atoms with Crippen molar-refractivity contribution in [2.24, 2.45) is 0 Å². The molecule has 1 heterocycles. The maximum atomic E-state index is 13.1. The van der Waals surface area contributed by atoms with Crippen molar-refractivity contribution >= 4 is 5.91 Å². The summed E-state index contributed by atoms with van der Waals surface area (Å²) in [4.78, 5) is 13.1. The second-order valence-corrected chi connectivity index (χ2v) is 22.9. The van der Waals surface area contributed by atoms with E-state index < -0.39 is 49.5 Å². The Hall–Kier alpha value is -2.89. The van der Waals surface area contributed by atoms with Crippen LogP contribution in [-0.4, -0.2) is 87.5 Å². The van der Waals surface area contributed by atoms with Gasteiger partial charge in [0.2, 0.25) is 5.91 Å². The molecule has 7 unspecified atom stereocenters. The molecule has 1 saturated heterocycles. The largest absolute Gasteiger partial charge is 0.394 e. The molecule has 0 radical (unpaired) electrons. The second kappa shape index (κ2) is 59.3. The molecule has 1 fully saturated rings. The fraction of sp³-hybridized carbons (Fsp3) is 0.761. The van der Waals surface area contributed by atoms with Crippen LogP contribution in [0.1, 0.15) is 290 Å². The van der Waals surface area contributed by atoms with Crippen LogP contribution in [-0.2, 0) is 14.3 Å². The number of unbranched alkanes of at least 4 members (excludes halogenated alkanes) is 31. The highest BCUT2D eigenvalue weighted by Gasteiger charge is 2.44. The molecule has 0 aromatic heterocycles. The van der Waals surface area contributed by atoms with Crippen LogP contribution < -0.4 is 5.32 Å². The molecule has 1 aliphatic rings. The first-order chi connectivity index (χ1) is 39.3. The highest BCUT2D eigenvalue weighted by atomic mass is 16.7. The number of nitrogens with one attached hydrogen (secondary N) is 1. The first-order valence-corrected chi connectivity index (χ1v) is 33.4. The minimum absolute atomic E-state index is 0.161. The van der Waals surface area contributed by atoms with Crippen LogP contribution in [0.15, 0.2) is 97.2 Å². The summed E-state index contributed by atoms with van der Waals surface area (Å²) in [7, 11) is 0. The lowest BCUT2D eigenvalue weighted by molar-refractivity contribution is -0.302. The van der Waals surface area contributed by atoms with E-state index in [1.807, 2.05) is 0 Å². The summed E-state index contributed by atoms with van der Waals surface area (Å²) in [6.07, 6.45) is 78.9. The fourth-order valence-electron chi connectivity index (χ4n) is 10.2. The molecule has 80 heavy (non-hydrogen) atoms. The zero-order valence-corrected chi connectivity index (χ0v) is 51.6. The molecule has 0 spiro atoms. The maximum absolute atomic E-state index is 13.1. The topological polar surface area (TPSA) is 149 Å². The van der Waals surface area contributed by atoms with Crippen LogP contribution in [0, 0.1) is 0 Å². The van der Waals surface area contributed by atoms with E-state index in [4.69, 9.17) is 9.47 Å². The van der Waals surface area contributed by atoms with Gasteiger partial charge in [0.15, 0.2) is 6.29 Å². The number of carbonyl (C=O) groups is 1. The lowest BCUT2D eigenvalue weighted by Crippen LogP contribution is -2.60. The van der Waals surface area contributed by atoms with Crippen molar-refractivity contribution in [2.75, 3.05) is 13.2 Å². The molecule has 7 atom stereocenters. The Morgan fingerprint density at radius 1 is 0.438 bits per heavy atom. The molecule has 0 aromatic rings. The molecule has 9 nitrogen and oxygen atoms in total. The number of ether oxygens (including phenoxy) is 2. The van der Waals surface area contributed by atoms with Gasteiger partial charge >= 0.3 is 0 Å². The van der Waals surface area contributed by atoms with E-state index in [-0.39, 0.29) is 12.5 Å². The molecule has 0 aromatic carbocycles. The number of rotatable bonds is 57. The SMILES string of the molecule is CC/C=C\C/C=C\C/C=C\C/C=C\C/C=C\C/C=C\C/C=C\C/C=C\CCCCC(=O)NC(COC1OC(CO)C(O)C(O)C1O)C(O)CCCCCCCCCCCCCCCCCCCCCCCCCCCCCCCC. The number of hydrogen-bond acceptors (Lipinski definition) is 8. The van der Waals surface area contributed by atoms with Crippen molar-refractivity contribution in [1.82, 2.24) is 5.32 Å². The van der Waals surface area contributed by atoms with Gasteiger partial charge in [-0.3, -0.25) is 4.79 Å². The van der Waals surface area contributed by atoms with Gasteiger partial charge in [0.05, 0.1) is 25.4 Å². The molecular weight excluding hydrogens is 995 g/mol. The van der Waals surface area contributed by atoms with Gasteiger partial charge in [-0.1, -0.05) is 304 Å². The normalized spacial score (nSPS) is 19.1. The summed E-state index contributed by atoms with van der Waals surface area (Å²) < 4.78 is 11.3. The van der Waals surface area contributed by atoms with Gasteiger partial charge < -0.3 is 40.3 Å². The number of aliphatic hydroxyl groups is 5. The van der Waals surface area contributed by atoms with Gasteiger partial charge in [-0.2, -0.15) is 0 Å². The summed E-state index contributed by atoms with van der Waals surface area (Å²) in [5, 5.41) is 54.8. The Kier molecular flexibility index (Phi) is 55.7. The number of allylic oxidation sites excluding steroid dienone is 16. The Balaban J connectivity index is 2.19. The lowest BCUT2D eigenvalue weighted by atomic mass is 9.99. The fourth-order valence-corrected chi connectivity index (χ4v) is 10.2. The van der Waals surface area contributed by atoms with Crippen LogP contribution in [0.25, 0.3) is 0 Å². The van der Waals surface area contributed by atoms with Gasteiger partial charge in [0, 0.05) is 6.42 Å². The third kappa shape index (κ3) is 47.6. The van der Waals surface area contributed by atoms with Gasteiger partial charge in [0.25, 0.3) is 0 Å². The molecule has 1 rings (SSSR count). The first kappa shape index (κ1) is 75.1. The predicted octanol–water partition coefficient (Wildman–Crippen LogP) is 17.9.